The van der Waals surface area contributed by atoms with Crippen molar-refractivity contribution in [2.75, 3.05) is 27.3 Å². The third-order valence-electron chi connectivity index (χ3n) is 9.29. The number of piperidine rings is 1. The Morgan fingerprint density at radius 2 is 1.51 bits per heavy atom. The maximum atomic E-state index is 13.8. The predicted molar refractivity (Wildman–Crippen MR) is 183 cm³/mol. The predicted octanol–water partition coefficient (Wildman–Crippen LogP) is 5.12. The number of aromatic amines is 1. The molecule has 2 aromatic carbocycles. The molecule has 1 fully saturated rings. The van der Waals surface area contributed by atoms with Crippen LogP contribution in [0.15, 0.2) is 61.1 Å². The van der Waals surface area contributed by atoms with Gasteiger partial charge in [-0.15, -0.1) is 10.2 Å². The Bertz CT molecular complexity index is 1920. The zero-order valence-corrected chi connectivity index (χ0v) is 28.1. The van der Waals surface area contributed by atoms with Gasteiger partial charge >= 0.3 is 11.9 Å². The molecule has 13 nitrogen and oxygen atoms in total. The molecule has 1 saturated heterocycles. The molecule has 1 aliphatic heterocycles. The van der Waals surface area contributed by atoms with E-state index in [1.807, 2.05) is 48.7 Å². The van der Waals surface area contributed by atoms with Crippen LogP contribution in [0.3, 0.4) is 0 Å². The van der Waals surface area contributed by atoms with Gasteiger partial charge in [0.1, 0.15) is 11.4 Å². The second kappa shape index (κ2) is 15.4. The van der Waals surface area contributed by atoms with Gasteiger partial charge in [-0.3, -0.25) is 4.79 Å². The minimum absolute atomic E-state index is 0.0446. The Morgan fingerprint density at radius 3 is 2.16 bits per heavy atom. The monoisotopic (exact) mass is 666 g/mol. The van der Waals surface area contributed by atoms with E-state index < -0.39 is 18.1 Å². The van der Waals surface area contributed by atoms with E-state index in [0.717, 1.165) is 61.7 Å². The average molecular weight is 667 g/mol. The number of hydrogen-bond donors (Lipinski definition) is 2. The number of carbonyl (C=O) groups is 3. The number of nitrogens with one attached hydrogen (secondary N) is 2. The van der Waals surface area contributed by atoms with Crippen LogP contribution >= 0.6 is 0 Å². The van der Waals surface area contributed by atoms with Gasteiger partial charge in [0.15, 0.2) is 17.9 Å². The SMILES string of the molecule is CCCCC[C@@H](C(=O)OC)n1cc(-c2cc(C(=O)C3CCNCC3)cc(-c3cn([C@@H](Cc4c[nH]c5ccccc45)C(=O)OC)nn3)c2)nn1. The molecule has 0 bridgehead atoms. The number of aromatic nitrogens is 7. The zero-order valence-electron chi connectivity index (χ0n) is 28.1. The summed E-state index contributed by atoms with van der Waals surface area (Å²) in [4.78, 5) is 42.9. The third-order valence-corrected chi connectivity index (χ3v) is 9.29. The number of Topliss-reactive ketones (excluding diaryl/α,β-unsaturated/α-hetero) is 1. The van der Waals surface area contributed by atoms with E-state index in [1.165, 1.54) is 18.9 Å². The zero-order chi connectivity index (χ0) is 34.3. The lowest BCUT2D eigenvalue weighted by Gasteiger charge is -2.21. The number of ether oxygens (including phenoxy) is 2. The van der Waals surface area contributed by atoms with Crippen LogP contribution in [0.25, 0.3) is 33.4 Å². The van der Waals surface area contributed by atoms with Crippen molar-refractivity contribution in [1.82, 2.24) is 40.3 Å². The maximum absolute atomic E-state index is 13.8. The molecule has 49 heavy (non-hydrogen) atoms. The minimum Gasteiger partial charge on any atom is -0.467 e. The van der Waals surface area contributed by atoms with Gasteiger partial charge in [-0.05, 0) is 62.2 Å². The van der Waals surface area contributed by atoms with Gasteiger partial charge < -0.3 is 19.8 Å². The smallest absolute Gasteiger partial charge is 0.331 e. The quantitative estimate of drug-likeness (QED) is 0.0926. The Hall–Kier alpha value is -5.17. The van der Waals surface area contributed by atoms with Crippen molar-refractivity contribution in [3.8, 4) is 22.5 Å². The number of rotatable bonds is 14. The first-order valence-corrected chi connectivity index (χ1v) is 16.8. The minimum atomic E-state index is -0.771. The van der Waals surface area contributed by atoms with Gasteiger partial charge in [0.05, 0.1) is 26.6 Å². The highest BCUT2D eigenvalue weighted by Gasteiger charge is 2.28. The Balaban J connectivity index is 1.36. The van der Waals surface area contributed by atoms with E-state index in [9.17, 15) is 14.4 Å². The van der Waals surface area contributed by atoms with Crippen molar-refractivity contribution in [3.63, 3.8) is 0 Å². The molecular formula is C36H42N8O5. The Morgan fingerprint density at radius 1 is 0.878 bits per heavy atom. The van der Waals surface area contributed by atoms with E-state index in [-0.39, 0.29) is 17.7 Å². The second-order valence-electron chi connectivity index (χ2n) is 12.5. The van der Waals surface area contributed by atoms with Gasteiger partial charge in [-0.25, -0.2) is 19.0 Å². The topological polar surface area (TPSA) is 159 Å². The maximum Gasteiger partial charge on any atom is 0.331 e. The fraction of sp³-hybridized carbons (Fsp3) is 0.417. The van der Waals surface area contributed by atoms with Crippen LogP contribution in [0.4, 0.5) is 0 Å². The number of ketones is 1. The molecule has 6 rings (SSSR count). The summed E-state index contributed by atoms with van der Waals surface area (Å²) >= 11 is 0. The Labute approximate surface area is 284 Å². The van der Waals surface area contributed by atoms with E-state index in [4.69, 9.17) is 9.47 Å². The molecule has 0 unspecified atom stereocenters. The highest BCUT2D eigenvalue weighted by atomic mass is 16.5. The fourth-order valence-electron chi connectivity index (χ4n) is 6.52. The lowest BCUT2D eigenvalue weighted by atomic mass is 9.88. The van der Waals surface area contributed by atoms with Gasteiger partial charge in [-0.1, -0.05) is 54.8 Å². The van der Waals surface area contributed by atoms with E-state index in [2.05, 4.69) is 37.8 Å². The molecule has 4 heterocycles. The fourth-order valence-corrected chi connectivity index (χ4v) is 6.52. The summed E-state index contributed by atoms with van der Waals surface area (Å²) in [7, 11) is 2.72. The summed E-state index contributed by atoms with van der Waals surface area (Å²) in [6.45, 7) is 3.67. The van der Waals surface area contributed by atoms with Crippen molar-refractivity contribution in [2.45, 2.75) is 64.0 Å². The number of H-pyrrole nitrogens is 1. The Kier molecular flexibility index (Phi) is 10.6. The van der Waals surface area contributed by atoms with Crippen molar-refractivity contribution in [2.24, 2.45) is 5.92 Å². The lowest BCUT2D eigenvalue weighted by Crippen LogP contribution is -2.31. The highest BCUT2D eigenvalue weighted by molar-refractivity contribution is 6.00. The first kappa shape index (κ1) is 33.7. The molecule has 3 aromatic heterocycles. The first-order valence-electron chi connectivity index (χ1n) is 16.8. The van der Waals surface area contributed by atoms with E-state index >= 15 is 0 Å². The van der Waals surface area contributed by atoms with Crippen molar-refractivity contribution < 1.29 is 23.9 Å². The second-order valence-corrected chi connectivity index (χ2v) is 12.5. The summed E-state index contributed by atoms with van der Waals surface area (Å²) < 4.78 is 13.3. The molecule has 256 valence electrons. The molecule has 2 N–H and O–H groups in total. The van der Waals surface area contributed by atoms with E-state index in [1.54, 1.807) is 17.1 Å². The van der Waals surface area contributed by atoms with Crippen LogP contribution in [-0.2, 0) is 25.5 Å². The first-order chi connectivity index (χ1) is 23.9. The number of nitrogens with zero attached hydrogens (tertiary/aromatic N) is 6. The summed E-state index contributed by atoms with van der Waals surface area (Å²) in [5, 5.41) is 21.9. The van der Waals surface area contributed by atoms with Gasteiger partial charge in [0, 0.05) is 46.1 Å². The van der Waals surface area contributed by atoms with Crippen LogP contribution in [0.2, 0.25) is 0 Å². The molecule has 5 aromatic rings. The van der Waals surface area contributed by atoms with Gasteiger partial charge in [0.25, 0.3) is 0 Å². The highest BCUT2D eigenvalue weighted by Crippen LogP contribution is 2.31. The summed E-state index contributed by atoms with van der Waals surface area (Å²) in [5.74, 6) is -0.901. The molecule has 2 atom stereocenters. The van der Waals surface area contributed by atoms with Gasteiger partial charge in [0.2, 0.25) is 0 Å². The molecule has 1 aliphatic rings. The largest absolute Gasteiger partial charge is 0.467 e. The van der Waals surface area contributed by atoms with Crippen LogP contribution < -0.4 is 5.32 Å². The third kappa shape index (κ3) is 7.46. The molecular weight excluding hydrogens is 624 g/mol. The molecule has 0 amide bonds. The molecule has 0 aliphatic carbocycles. The summed E-state index contributed by atoms with van der Waals surface area (Å²) in [5.41, 5.74) is 4.72. The van der Waals surface area contributed by atoms with Crippen LogP contribution in [0.5, 0.6) is 0 Å². The van der Waals surface area contributed by atoms with Crippen LogP contribution in [0, 0.1) is 5.92 Å². The number of unbranched alkanes of at least 4 members (excludes halogenated alkanes) is 2. The van der Waals surface area contributed by atoms with Gasteiger partial charge in [-0.2, -0.15) is 0 Å². The number of hydrogen-bond acceptors (Lipinski definition) is 10. The molecule has 0 spiro atoms. The number of methoxy groups -OCH3 is 2. The molecule has 0 radical (unpaired) electrons. The number of benzene rings is 2. The normalized spacial score (nSPS) is 14.8. The van der Waals surface area contributed by atoms with Crippen molar-refractivity contribution in [1.29, 1.82) is 0 Å². The number of esters is 2. The standard InChI is InChI=1S/C36H42N8O5/c1-4-5-6-11-32(35(46)48-2)43-21-30(39-41-43)24-16-25(18-26(17-24)34(45)23-12-14-37-15-13-23)31-22-44(42-40-31)33(36(47)49-3)19-27-20-38-29-10-8-7-9-28(27)29/h7-10,16-18,20-23,32-33,37-38H,4-6,11-15,19H2,1-3H3/t32-,33-/m0/s1. The number of carbonyl (C=O) groups excluding carboxylic acids is 3. The van der Waals surface area contributed by atoms with Crippen LogP contribution in [0.1, 0.15) is 73.5 Å². The van der Waals surface area contributed by atoms with Crippen molar-refractivity contribution in [3.05, 3.63) is 72.2 Å². The molecule has 13 heteroatoms. The number of para-hydroxylation sites is 1. The lowest BCUT2D eigenvalue weighted by molar-refractivity contribution is -0.146. The van der Waals surface area contributed by atoms with Crippen LogP contribution in [-0.4, -0.2) is 80.0 Å². The summed E-state index contributed by atoms with van der Waals surface area (Å²) in [6.07, 6.45) is 10.6. The van der Waals surface area contributed by atoms with Crippen molar-refractivity contribution >= 4 is 28.6 Å². The number of fused-ring (bicyclic) bond motifs is 1. The van der Waals surface area contributed by atoms with E-state index in [0.29, 0.717) is 40.9 Å². The molecule has 0 saturated carbocycles. The average Bonchev–Trinajstić information content (AvgIpc) is 3.93. The summed E-state index contributed by atoms with van der Waals surface area (Å²) in [6, 6.07) is 12.0.